The van der Waals surface area contributed by atoms with Gasteiger partial charge in [0.25, 0.3) is 0 Å². The van der Waals surface area contributed by atoms with E-state index in [2.05, 4.69) is 0 Å². The first kappa shape index (κ1) is 14.6. The number of halogens is 1. The molecule has 0 aliphatic carbocycles. The maximum atomic E-state index is 12.8. The van der Waals surface area contributed by atoms with Crippen LogP contribution in [0.25, 0.3) is 0 Å². The van der Waals surface area contributed by atoms with Crippen molar-refractivity contribution in [1.29, 1.82) is 0 Å². The summed E-state index contributed by atoms with van der Waals surface area (Å²) in [6.45, 7) is 5.42. The molecule has 0 saturated heterocycles. The van der Waals surface area contributed by atoms with Crippen LogP contribution in [0.4, 0.5) is 4.39 Å². The fourth-order valence-electron chi connectivity index (χ4n) is 1.63. The molecule has 0 N–H and O–H groups in total. The zero-order chi connectivity index (χ0) is 13.7. The molecular formula is C13H17FO3Si. The van der Waals surface area contributed by atoms with Crippen LogP contribution in [-0.2, 0) is 14.3 Å². The maximum Gasteiger partial charge on any atom is 0.313 e. The molecule has 1 unspecified atom stereocenters. The minimum absolute atomic E-state index is 0.210. The molecule has 1 aromatic rings. The molecule has 0 aliphatic rings. The average Bonchev–Trinajstić information content (AvgIpc) is 2.26. The fraction of sp³-hybridized carbons (Fsp3) is 0.385. The van der Waals surface area contributed by atoms with Crippen molar-refractivity contribution in [3.05, 3.63) is 35.6 Å². The smallest absolute Gasteiger partial charge is 0.313 e. The molecule has 0 aliphatic heterocycles. The van der Waals surface area contributed by atoms with E-state index in [0.29, 0.717) is 0 Å². The normalized spacial score (nSPS) is 12.3. The Morgan fingerprint density at radius 3 is 2.28 bits per heavy atom. The largest absolute Gasteiger partial charge is 0.462 e. The lowest BCUT2D eigenvalue weighted by Crippen LogP contribution is -2.23. The minimum Gasteiger partial charge on any atom is -0.462 e. The Morgan fingerprint density at radius 1 is 1.28 bits per heavy atom. The van der Waals surface area contributed by atoms with Crippen molar-refractivity contribution in [1.82, 2.24) is 0 Å². The van der Waals surface area contributed by atoms with Gasteiger partial charge in [-0.25, -0.2) is 4.39 Å². The number of esters is 1. The third-order valence-corrected chi connectivity index (χ3v) is 4.19. The van der Waals surface area contributed by atoms with E-state index in [-0.39, 0.29) is 23.7 Å². The summed E-state index contributed by atoms with van der Waals surface area (Å²) in [6.07, 6.45) is -0.210. The second-order valence-corrected chi connectivity index (χ2v) is 7.68. The Kier molecular flexibility index (Phi) is 5.21. The third-order valence-electron chi connectivity index (χ3n) is 2.46. The van der Waals surface area contributed by atoms with Crippen molar-refractivity contribution < 1.29 is 18.7 Å². The fourth-order valence-corrected chi connectivity index (χ4v) is 3.04. The Bertz CT molecular complexity index is 428. The highest BCUT2D eigenvalue weighted by Crippen LogP contribution is 2.21. The Hall–Kier alpha value is -1.49. The highest BCUT2D eigenvalue weighted by atomic mass is 28.3. The molecule has 18 heavy (non-hydrogen) atoms. The van der Waals surface area contributed by atoms with Gasteiger partial charge >= 0.3 is 5.97 Å². The molecule has 98 valence electrons. The summed E-state index contributed by atoms with van der Waals surface area (Å²) in [5.74, 6) is -1.06. The lowest BCUT2D eigenvalue weighted by molar-refractivity contribution is -0.147. The second kappa shape index (κ2) is 6.44. The van der Waals surface area contributed by atoms with Gasteiger partial charge in [0.1, 0.15) is 23.7 Å². The molecule has 0 heterocycles. The van der Waals surface area contributed by atoms with Gasteiger partial charge in [-0.3, -0.25) is 9.59 Å². The number of ketones is 1. The standard InChI is InChI=1S/C13H17FO3Si/c1-9(15)8-12(16)17-13(18(2)3)10-4-6-11(14)7-5-10/h4-7,13,18H,8H2,1-3H3. The highest BCUT2D eigenvalue weighted by molar-refractivity contribution is 6.57. The maximum absolute atomic E-state index is 12.8. The van der Waals surface area contributed by atoms with Crippen molar-refractivity contribution in [2.45, 2.75) is 32.2 Å². The molecule has 0 fully saturated rings. The van der Waals surface area contributed by atoms with Crippen LogP contribution in [0.15, 0.2) is 24.3 Å². The van der Waals surface area contributed by atoms with Gasteiger partial charge in [-0.1, -0.05) is 25.2 Å². The number of hydrogen-bond donors (Lipinski definition) is 0. The van der Waals surface area contributed by atoms with Gasteiger partial charge in [0.15, 0.2) is 0 Å². The van der Waals surface area contributed by atoms with E-state index in [1.165, 1.54) is 19.1 Å². The molecule has 3 nitrogen and oxygen atoms in total. The lowest BCUT2D eigenvalue weighted by Gasteiger charge is -2.21. The van der Waals surface area contributed by atoms with Crippen LogP contribution in [-0.4, -0.2) is 20.5 Å². The van der Waals surface area contributed by atoms with E-state index >= 15 is 0 Å². The van der Waals surface area contributed by atoms with E-state index < -0.39 is 14.8 Å². The zero-order valence-corrected chi connectivity index (χ0v) is 11.9. The molecule has 0 bridgehead atoms. The van der Waals surface area contributed by atoms with Crippen LogP contribution in [0.1, 0.15) is 24.6 Å². The van der Waals surface area contributed by atoms with Crippen molar-refractivity contribution in [2.75, 3.05) is 0 Å². The van der Waals surface area contributed by atoms with E-state index in [0.717, 1.165) is 5.56 Å². The quantitative estimate of drug-likeness (QED) is 0.468. The summed E-state index contributed by atoms with van der Waals surface area (Å²) in [5, 5.41) is 0. The van der Waals surface area contributed by atoms with Gasteiger partial charge in [0.05, 0.1) is 8.80 Å². The molecule has 1 aromatic carbocycles. The number of ether oxygens (including phenoxy) is 1. The van der Waals surface area contributed by atoms with Crippen LogP contribution in [0.2, 0.25) is 13.1 Å². The first-order valence-electron chi connectivity index (χ1n) is 5.84. The van der Waals surface area contributed by atoms with Gasteiger partial charge in [0, 0.05) is 0 Å². The number of carbonyl (C=O) groups is 2. The topological polar surface area (TPSA) is 43.4 Å². The summed E-state index contributed by atoms with van der Waals surface area (Å²) in [4.78, 5) is 22.4. The van der Waals surface area contributed by atoms with Crippen molar-refractivity contribution in [2.24, 2.45) is 0 Å². The van der Waals surface area contributed by atoms with E-state index in [1.807, 2.05) is 13.1 Å². The molecule has 1 rings (SSSR count). The lowest BCUT2D eigenvalue weighted by atomic mass is 10.2. The summed E-state index contributed by atoms with van der Waals surface area (Å²) in [7, 11) is -1.31. The number of Topliss-reactive ketones (excluding diaryl/α,β-unsaturated/α-hetero) is 1. The van der Waals surface area contributed by atoms with E-state index in [4.69, 9.17) is 4.74 Å². The monoisotopic (exact) mass is 268 g/mol. The number of rotatable bonds is 5. The van der Waals surface area contributed by atoms with Gasteiger partial charge in [-0.15, -0.1) is 0 Å². The minimum atomic E-state index is -1.31. The number of hydrogen-bond acceptors (Lipinski definition) is 3. The summed E-state index contributed by atoms with van der Waals surface area (Å²) < 4.78 is 18.2. The number of carbonyl (C=O) groups excluding carboxylic acids is 2. The molecule has 0 saturated carbocycles. The average molecular weight is 268 g/mol. The van der Waals surface area contributed by atoms with Gasteiger partial charge in [-0.2, -0.15) is 0 Å². The molecule has 0 aromatic heterocycles. The zero-order valence-electron chi connectivity index (χ0n) is 10.8. The predicted molar refractivity (Wildman–Crippen MR) is 69.4 cm³/mol. The molecular weight excluding hydrogens is 251 g/mol. The first-order valence-corrected chi connectivity index (χ1v) is 8.82. The third kappa shape index (κ3) is 4.41. The number of benzene rings is 1. The van der Waals surface area contributed by atoms with Crippen LogP contribution < -0.4 is 0 Å². The molecule has 0 radical (unpaired) electrons. The highest BCUT2D eigenvalue weighted by Gasteiger charge is 2.21. The molecule has 5 heteroatoms. The van der Waals surface area contributed by atoms with Gasteiger partial charge < -0.3 is 4.74 Å². The van der Waals surface area contributed by atoms with Crippen LogP contribution in [0, 0.1) is 5.82 Å². The Labute approximate surface area is 108 Å². The van der Waals surface area contributed by atoms with E-state index in [9.17, 15) is 14.0 Å². The van der Waals surface area contributed by atoms with Crippen LogP contribution in [0.5, 0.6) is 0 Å². The van der Waals surface area contributed by atoms with Crippen LogP contribution >= 0.6 is 0 Å². The Balaban J connectivity index is 2.80. The predicted octanol–water partition coefficient (Wildman–Crippen LogP) is 2.42. The molecule has 1 atom stereocenters. The van der Waals surface area contributed by atoms with Crippen LogP contribution in [0.3, 0.4) is 0 Å². The van der Waals surface area contributed by atoms with Crippen molar-refractivity contribution in [3.8, 4) is 0 Å². The van der Waals surface area contributed by atoms with Crippen molar-refractivity contribution in [3.63, 3.8) is 0 Å². The second-order valence-electron chi connectivity index (χ2n) is 4.58. The SMILES string of the molecule is CC(=O)CC(=O)OC(c1ccc(F)cc1)[SiH](C)C. The molecule has 0 amide bonds. The summed E-state index contributed by atoms with van der Waals surface area (Å²) >= 11 is 0. The molecule has 0 spiro atoms. The van der Waals surface area contributed by atoms with Gasteiger partial charge in [0.2, 0.25) is 0 Å². The van der Waals surface area contributed by atoms with E-state index in [1.54, 1.807) is 12.1 Å². The Morgan fingerprint density at radius 2 is 1.83 bits per heavy atom. The summed E-state index contributed by atoms with van der Waals surface area (Å²) in [6, 6.07) is 5.93. The summed E-state index contributed by atoms with van der Waals surface area (Å²) in [5.41, 5.74) is 0.465. The first-order chi connectivity index (χ1) is 8.40. The van der Waals surface area contributed by atoms with Gasteiger partial charge in [-0.05, 0) is 24.6 Å². The van der Waals surface area contributed by atoms with Crippen molar-refractivity contribution >= 4 is 20.5 Å².